The summed E-state index contributed by atoms with van der Waals surface area (Å²) in [5, 5.41) is 7.78. The van der Waals surface area contributed by atoms with Gasteiger partial charge in [0.15, 0.2) is 5.82 Å². The molecule has 1 aromatic carbocycles. The summed E-state index contributed by atoms with van der Waals surface area (Å²) in [6, 6.07) is 5.89. The maximum absolute atomic E-state index is 6.38. The van der Waals surface area contributed by atoms with Crippen molar-refractivity contribution in [2.75, 3.05) is 17.3 Å². The third-order valence-electron chi connectivity index (χ3n) is 4.40. The standard InChI is InChI=1S/C18H20ClN7/c1-2-14-5-3-4-8-25(24-14)18-21-11-15(19)17(23-18)26-16-7-6-13(20)9-12(16)10-22-26/h3,5-7,9-11,14,24H,2,4,8,20H2,1H3. The SMILES string of the molecule is CCC1C=CCCN(c2ncc(Cl)c(-n3ncc4cc(N)ccc43)n2)N1. The van der Waals surface area contributed by atoms with Crippen molar-refractivity contribution in [3.63, 3.8) is 0 Å². The van der Waals surface area contributed by atoms with E-state index < -0.39 is 0 Å². The molecular formula is C18H20ClN7. The molecular weight excluding hydrogens is 350 g/mol. The molecule has 0 spiro atoms. The largest absolute Gasteiger partial charge is 0.399 e. The number of anilines is 2. The highest BCUT2D eigenvalue weighted by atomic mass is 35.5. The molecule has 3 N–H and O–H groups in total. The van der Waals surface area contributed by atoms with E-state index >= 15 is 0 Å². The van der Waals surface area contributed by atoms with Crippen molar-refractivity contribution in [3.05, 3.63) is 47.8 Å². The van der Waals surface area contributed by atoms with E-state index in [0.717, 1.165) is 30.3 Å². The summed E-state index contributed by atoms with van der Waals surface area (Å²) >= 11 is 6.38. The lowest BCUT2D eigenvalue weighted by atomic mass is 10.2. The van der Waals surface area contributed by atoms with Gasteiger partial charge in [0.05, 0.1) is 17.9 Å². The van der Waals surface area contributed by atoms with Gasteiger partial charge in [-0.2, -0.15) is 10.1 Å². The summed E-state index contributed by atoms with van der Waals surface area (Å²) in [7, 11) is 0. The van der Waals surface area contributed by atoms with Crippen molar-refractivity contribution < 1.29 is 0 Å². The van der Waals surface area contributed by atoms with E-state index in [2.05, 4.69) is 39.6 Å². The molecule has 4 rings (SSSR count). The fraction of sp³-hybridized carbons (Fsp3) is 0.278. The maximum Gasteiger partial charge on any atom is 0.242 e. The van der Waals surface area contributed by atoms with E-state index in [0.29, 0.717) is 22.5 Å². The molecule has 0 bridgehead atoms. The van der Waals surface area contributed by atoms with Gasteiger partial charge in [0.2, 0.25) is 5.95 Å². The highest BCUT2D eigenvalue weighted by Gasteiger charge is 2.18. The van der Waals surface area contributed by atoms with Gasteiger partial charge in [0.25, 0.3) is 0 Å². The maximum atomic E-state index is 6.38. The van der Waals surface area contributed by atoms with Crippen LogP contribution < -0.4 is 16.2 Å². The Labute approximate surface area is 156 Å². The summed E-state index contributed by atoms with van der Waals surface area (Å²) in [5.74, 6) is 1.12. The Bertz CT molecular complexity index is 965. The highest BCUT2D eigenvalue weighted by Crippen LogP contribution is 2.25. The predicted molar refractivity (Wildman–Crippen MR) is 104 cm³/mol. The topological polar surface area (TPSA) is 84.9 Å². The first kappa shape index (κ1) is 16.8. The fourth-order valence-electron chi connectivity index (χ4n) is 3.00. The number of nitrogen functional groups attached to an aromatic ring is 1. The normalized spacial score (nSPS) is 17.6. The Hall–Kier alpha value is -2.64. The van der Waals surface area contributed by atoms with Crippen molar-refractivity contribution in [2.45, 2.75) is 25.8 Å². The molecule has 1 unspecified atom stereocenters. The van der Waals surface area contributed by atoms with Gasteiger partial charge < -0.3 is 5.73 Å². The van der Waals surface area contributed by atoms with Gasteiger partial charge in [0.1, 0.15) is 5.02 Å². The Morgan fingerprint density at radius 1 is 1.35 bits per heavy atom. The van der Waals surface area contributed by atoms with Crippen molar-refractivity contribution in [2.24, 2.45) is 0 Å². The second-order valence-electron chi connectivity index (χ2n) is 6.23. The number of hydrogen-bond donors (Lipinski definition) is 2. The van der Waals surface area contributed by atoms with E-state index in [1.165, 1.54) is 0 Å². The molecule has 2 aromatic heterocycles. The van der Waals surface area contributed by atoms with Gasteiger partial charge in [0, 0.05) is 23.7 Å². The minimum absolute atomic E-state index is 0.258. The first-order valence-electron chi connectivity index (χ1n) is 8.62. The molecule has 3 heterocycles. The molecule has 1 aliphatic heterocycles. The predicted octanol–water partition coefficient (Wildman–Crippen LogP) is 3.10. The Balaban J connectivity index is 1.74. The lowest BCUT2D eigenvalue weighted by Crippen LogP contribution is -2.44. The van der Waals surface area contributed by atoms with Gasteiger partial charge in [-0.15, -0.1) is 0 Å². The number of nitrogens with one attached hydrogen (secondary N) is 1. The van der Waals surface area contributed by atoms with E-state index in [1.807, 2.05) is 23.2 Å². The highest BCUT2D eigenvalue weighted by molar-refractivity contribution is 6.32. The molecule has 1 atom stereocenters. The summed E-state index contributed by atoms with van der Waals surface area (Å²) in [6.45, 7) is 2.92. The van der Waals surface area contributed by atoms with Gasteiger partial charge in [-0.25, -0.2) is 15.1 Å². The molecule has 0 fully saturated rings. The van der Waals surface area contributed by atoms with Crippen molar-refractivity contribution >= 4 is 34.1 Å². The number of aromatic nitrogens is 4. The number of nitrogens with two attached hydrogens (primary N) is 1. The zero-order chi connectivity index (χ0) is 18.1. The molecule has 7 nitrogen and oxygen atoms in total. The van der Waals surface area contributed by atoms with Crippen LogP contribution in [0, 0.1) is 0 Å². The second kappa shape index (κ2) is 6.93. The molecule has 0 amide bonds. The van der Waals surface area contributed by atoms with Crippen LogP contribution in [0.3, 0.4) is 0 Å². The smallest absolute Gasteiger partial charge is 0.242 e. The van der Waals surface area contributed by atoms with Crippen LogP contribution >= 0.6 is 11.6 Å². The van der Waals surface area contributed by atoms with Crippen LogP contribution in [0.5, 0.6) is 0 Å². The van der Waals surface area contributed by atoms with Crippen LogP contribution in [0.25, 0.3) is 16.7 Å². The van der Waals surface area contributed by atoms with Gasteiger partial charge >= 0.3 is 0 Å². The van der Waals surface area contributed by atoms with Crippen LogP contribution in [0.2, 0.25) is 5.02 Å². The number of nitrogens with zero attached hydrogens (tertiary/aromatic N) is 5. The third kappa shape index (κ3) is 3.11. The molecule has 1 aliphatic rings. The number of hydrogen-bond acceptors (Lipinski definition) is 6. The zero-order valence-electron chi connectivity index (χ0n) is 14.4. The van der Waals surface area contributed by atoms with E-state index in [-0.39, 0.29) is 6.04 Å². The second-order valence-corrected chi connectivity index (χ2v) is 6.64. The lowest BCUT2D eigenvalue weighted by Gasteiger charge is -2.25. The first-order chi connectivity index (χ1) is 12.7. The van der Waals surface area contributed by atoms with E-state index in [4.69, 9.17) is 17.3 Å². The lowest BCUT2D eigenvalue weighted by molar-refractivity contribution is 0.543. The summed E-state index contributed by atoms with van der Waals surface area (Å²) < 4.78 is 1.72. The van der Waals surface area contributed by atoms with Gasteiger partial charge in [-0.1, -0.05) is 30.7 Å². The van der Waals surface area contributed by atoms with Gasteiger partial charge in [-0.05, 0) is 31.0 Å². The van der Waals surface area contributed by atoms with E-state index in [9.17, 15) is 0 Å². The quantitative estimate of drug-likeness (QED) is 0.545. The molecule has 0 saturated carbocycles. The van der Waals surface area contributed by atoms with Crippen LogP contribution in [-0.2, 0) is 0 Å². The Kier molecular flexibility index (Phi) is 4.48. The molecule has 0 radical (unpaired) electrons. The number of hydrazine groups is 1. The van der Waals surface area contributed by atoms with Crippen molar-refractivity contribution in [1.29, 1.82) is 0 Å². The van der Waals surface area contributed by atoms with Crippen LogP contribution in [0.1, 0.15) is 19.8 Å². The van der Waals surface area contributed by atoms with Gasteiger partial charge in [-0.3, -0.25) is 5.01 Å². The molecule has 8 heteroatoms. The molecule has 134 valence electrons. The summed E-state index contributed by atoms with van der Waals surface area (Å²) in [6.07, 6.45) is 9.65. The molecule has 3 aromatic rings. The summed E-state index contributed by atoms with van der Waals surface area (Å²) in [5.41, 5.74) is 10.9. The molecule has 26 heavy (non-hydrogen) atoms. The number of halogens is 1. The van der Waals surface area contributed by atoms with Crippen LogP contribution in [0.15, 0.2) is 42.7 Å². The van der Waals surface area contributed by atoms with Crippen LogP contribution in [-0.4, -0.2) is 32.3 Å². The average molecular weight is 370 g/mol. The number of benzene rings is 1. The van der Waals surface area contributed by atoms with Crippen LogP contribution in [0.4, 0.5) is 11.6 Å². The van der Waals surface area contributed by atoms with Crippen molar-refractivity contribution in [1.82, 2.24) is 25.2 Å². The fourth-order valence-corrected chi connectivity index (χ4v) is 3.18. The monoisotopic (exact) mass is 369 g/mol. The Morgan fingerprint density at radius 2 is 2.23 bits per heavy atom. The summed E-state index contributed by atoms with van der Waals surface area (Å²) in [4.78, 5) is 9.09. The number of rotatable bonds is 3. The number of fused-ring (bicyclic) bond motifs is 1. The average Bonchev–Trinajstić information content (AvgIpc) is 2.90. The first-order valence-corrected chi connectivity index (χ1v) is 9.00. The minimum Gasteiger partial charge on any atom is -0.399 e. The third-order valence-corrected chi connectivity index (χ3v) is 4.66. The van der Waals surface area contributed by atoms with Crippen molar-refractivity contribution in [3.8, 4) is 5.82 Å². The molecule has 0 aliphatic carbocycles. The minimum atomic E-state index is 0.258. The zero-order valence-corrected chi connectivity index (χ0v) is 15.2. The Morgan fingerprint density at radius 3 is 3.08 bits per heavy atom. The van der Waals surface area contributed by atoms with E-state index in [1.54, 1.807) is 17.1 Å². The molecule has 0 saturated heterocycles.